The maximum atomic E-state index is 14.5. The molecule has 1 aromatic heterocycles. The quantitative estimate of drug-likeness (QED) is 0.303. The van der Waals surface area contributed by atoms with E-state index in [0.29, 0.717) is 30.9 Å². The van der Waals surface area contributed by atoms with Crippen molar-refractivity contribution in [1.29, 1.82) is 0 Å². The third-order valence-electron chi connectivity index (χ3n) is 10.5. The summed E-state index contributed by atoms with van der Waals surface area (Å²) in [6, 6.07) is 3.05. The molecule has 1 aromatic carbocycles. The normalized spacial score (nSPS) is 27.1. The topological polar surface area (TPSA) is 207 Å². The second-order valence-electron chi connectivity index (χ2n) is 15.4. The van der Waals surface area contributed by atoms with Crippen molar-refractivity contribution in [2.75, 3.05) is 20.2 Å². The smallest absolute Gasteiger partial charge is 0.315 e. The summed E-state index contributed by atoms with van der Waals surface area (Å²) in [6.07, 6.45) is 6.97. The minimum Gasteiger partial charge on any atom is -0.496 e. The number of fused-ring (bicyclic) bond motifs is 8. The number of aromatic nitrogens is 4. The molecule has 6 rings (SSSR count). The Hall–Kier alpha value is -4.54. The molecule has 0 spiro atoms. The van der Waals surface area contributed by atoms with Crippen LogP contribution in [-0.2, 0) is 30.8 Å². The van der Waals surface area contributed by atoms with Crippen LogP contribution < -0.4 is 25.4 Å². The number of hydrogen-bond donors (Lipinski definition) is 4. The second kappa shape index (κ2) is 14.5. The molecule has 4 N–H and O–H groups in total. The Labute approximate surface area is 303 Å². The number of methoxy groups -OCH3 is 1. The highest BCUT2D eigenvalue weighted by atomic mass is 32.2. The minimum atomic E-state index is -3.89. The third kappa shape index (κ3) is 7.78. The van der Waals surface area contributed by atoms with Gasteiger partial charge in [-0.3, -0.25) is 19.1 Å². The summed E-state index contributed by atoms with van der Waals surface area (Å²) in [5.74, 6) is -1.92. The maximum Gasteiger partial charge on any atom is 0.315 e. The van der Waals surface area contributed by atoms with Gasteiger partial charge in [0.25, 0.3) is 5.91 Å². The van der Waals surface area contributed by atoms with Crippen molar-refractivity contribution in [2.24, 2.45) is 11.3 Å². The molecule has 2 saturated carbocycles. The minimum absolute atomic E-state index is 0.0342. The first-order valence-corrected chi connectivity index (χ1v) is 19.5. The lowest BCUT2D eigenvalue weighted by Crippen LogP contribution is -2.61. The zero-order chi connectivity index (χ0) is 37.4. The largest absolute Gasteiger partial charge is 0.496 e. The van der Waals surface area contributed by atoms with Crippen LogP contribution in [-0.4, -0.2) is 100 Å². The van der Waals surface area contributed by atoms with Gasteiger partial charge in [0, 0.05) is 24.9 Å². The van der Waals surface area contributed by atoms with Crippen LogP contribution in [0.3, 0.4) is 0 Å². The van der Waals surface area contributed by atoms with Crippen molar-refractivity contribution < 1.29 is 32.3 Å². The number of rotatable bonds is 7. The first-order chi connectivity index (χ1) is 24.7. The standard InChI is InChI=1S/C35H49N9O7S/c1-6-23-19-35(23,32(47)41-52(49,50)25-13-14-25)38-30(45)26-18-22-20-43(26)31(46)28(34(2,3)4)37-33(48)36-16-10-8-7-9-11-21-17-24(12-15-27(21)51-5)44-40-29(22)39-42-44/h6,12,15,17,22-23,25-26,28H,1,7-11,13-14,16,18-20H2,2-5H3,(H,38,45)(H,41,47)(H2,36,37,48)/t22-,23-,26+,28-,35-/m1/s1. The van der Waals surface area contributed by atoms with Gasteiger partial charge in [-0.1, -0.05) is 39.7 Å². The van der Waals surface area contributed by atoms with Crippen molar-refractivity contribution in [1.82, 2.24) is 45.8 Å². The fourth-order valence-electron chi connectivity index (χ4n) is 7.11. The number of hydrogen-bond acceptors (Lipinski definition) is 10. The lowest BCUT2D eigenvalue weighted by molar-refractivity contribution is -0.142. The maximum absolute atomic E-state index is 14.5. The predicted octanol–water partition coefficient (Wildman–Crippen LogP) is 1.86. The third-order valence-corrected chi connectivity index (χ3v) is 12.3. The lowest BCUT2D eigenvalue weighted by atomic mass is 9.85. The van der Waals surface area contributed by atoms with Crippen molar-refractivity contribution in [3.8, 4) is 11.4 Å². The van der Waals surface area contributed by atoms with Crippen LogP contribution in [0.4, 0.5) is 4.79 Å². The molecule has 282 valence electrons. The van der Waals surface area contributed by atoms with Crippen molar-refractivity contribution >= 4 is 33.8 Å². The molecule has 1 saturated heterocycles. The van der Waals surface area contributed by atoms with Crippen molar-refractivity contribution in [3.63, 3.8) is 0 Å². The number of sulfonamides is 1. The highest BCUT2D eigenvalue weighted by molar-refractivity contribution is 7.91. The lowest BCUT2D eigenvalue weighted by Gasteiger charge is -2.35. The van der Waals surface area contributed by atoms with Gasteiger partial charge in [-0.25, -0.2) is 13.2 Å². The van der Waals surface area contributed by atoms with E-state index in [9.17, 15) is 27.6 Å². The Morgan fingerprint density at radius 1 is 1.13 bits per heavy atom. The molecule has 17 heteroatoms. The van der Waals surface area contributed by atoms with Crippen LogP contribution in [0.1, 0.15) is 89.4 Å². The molecule has 2 aliphatic heterocycles. The predicted molar refractivity (Wildman–Crippen MR) is 190 cm³/mol. The van der Waals surface area contributed by atoms with Crippen LogP contribution in [0.25, 0.3) is 5.69 Å². The number of urea groups is 1. The van der Waals surface area contributed by atoms with E-state index in [4.69, 9.17) is 4.74 Å². The summed E-state index contributed by atoms with van der Waals surface area (Å²) in [7, 11) is -2.26. The average Bonchev–Trinajstić information content (AvgIpc) is 3.97. The fourth-order valence-corrected chi connectivity index (χ4v) is 8.47. The number of benzene rings is 1. The number of carbonyl (C=O) groups excluding carboxylic acids is 4. The van der Waals surface area contributed by atoms with Gasteiger partial charge in [0.05, 0.1) is 18.0 Å². The first-order valence-electron chi connectivity index (χ1n) is 18.0. The number of ether oxygens (including phenoxy) is 1. The van der Waals surface area contributed by atoms with Crippen LogP contribution in [0.2, 0.25) is 0 Å². The Morgan fingerprint density at radius 2 is 1.88 bits per heavy atom. The molecule has 4 aliphatic rings. The van der Waals surface area contributed by atoms with Gasteiger partial charge in [0.2, 0.25) is 21.8 Å². The van der Waals surface area contributed by atoms with E-state index in [1.54, 1.807) is 7.11 Å². The summed E-state index contributed by atoms with van der Waals surface area (Å²) >= 11 is 0. The zero-order valence-corrected chi connectivity index (χ0v) is 31.0. The molecule has 0 radical (unpaired) electrons. The summed E-state index contributed by atoms with van der Waals surface area (Å²) in [5.41, 5.74) is -0.608. The second-order valence-corrected chi connectivity index (χ2v) is 17.4. The molecule has 0 unspecified atom stereocenters. The van der Waals surface area contributed by atoms with Gasteiger partial charge in [0.15, 0.2) is 5.82 Å². The molecular formula is C35H49N9O7S. The van der Waals surface area contributed by atoms with Gasteiger partial charge in [0.1, 0.15) is 23.4 Å². The molecule has 5 amide bonds. The summed E-state index contributed by atoms with van der Waals surface area (Å²) < 4.78 is 33.1. The molecule has 2 aromatic rings. The Bertz CT molecular complexity index is 1840. The van der Waals surface area contributed by atoms with E-state index in [1.165, 1.54) is 15.8 Å². The number of nitrogens with zero attached hydrogens (tertiary/aromatic N) is 5. The zero-order valence-electron chi connectivity index (χ0n) is 30.2. The molecule has 16 nitrogen and oxygen atoms in total. The summed E-state index contributed by atoms with van der Waals surface area (Å²) in [6.45, 7) is 9.71. The molecule has 6 bridgehead atoms. The van der Waals surface area contributed by atoms with Crippen LogP contribution >= 0.6 is 0 Å². The molecule has 5 atom stereocenters. The highest BCUT2D eigenvalue weighted by Gasteiger charge is 2.62. The number of carbonyl (C=O) groups is 4. The summed E-state index contributed by atoms with van der Waals surface area (Å²) in [4.78, 5) is 58.2. The van der Waals surface area contributed by atoms with Crippen LogP contribution in [0.5, 0.6) is 5.75 Å². The molecular weight excluding hydrogens is 691 g/mol. The summed E-state index contributed by atoms with van der Waals surface area (Å²) in [5, 5.41) is 21.2. The van der Waals surface area contributed by atoms with Crippen molar-refractivity contribution in [2.45, 2.75) is 107 Å². The van der Waals surface area contributed by atoms with E-state index < -0.39 is 73.9 Å². The first kappa shape index (κ1) is 37.2. The number of aryl methyl sites for hydroxylation is 1. The Kier molecular flexibility index (Phi) is 10.4. The van der Waals surface area contributed by atoms with E-state index in [1.807, 2.05) is 39.0 Å². The number of nitrogens with one attached hydrogen (secondary N) is 4. The van der Waals surface area contributed by atoms with Gasteiger partial charge >= 0.3 is 6.03 Å². The van der Waals surface area contributed by atoms with Gasteiger partial charge < -0.3 is 25.6 Å². The van der Waals surface area contributed by atoms with Gasteiger partial charge in [-0.15, -0.1) is 21.6 Å². The molecule has 3 fully saturated rings. The van der Waals surface area contributed by atoms with Crippen LogP contribution in [0, 0.1) is 11.3 Å². The van der Waals surface area contributed by atoms with E-state index in [-0.39, 0.29) is 19.4 Å². The van der Waals surface area contributed by atoms with E-state index in [0.717, 1.165) is 43.4 Å². The number of tetrazole rings is 1. The number of amides is 5. The SMILES string of the molecule is C=C[C@@H]1C[C@]1(NC(=O)[C@@H]1C[C@@H]2CN1C(=O)[C@H](C(C)(C)C)NC(=O)NCCCCCCc1cc(ccc1OC)-n1nnc2n1)C(=O)NS(=O)(=O)C1CC1. The Balaban J connectivity index is 1.32. The molecule has 52 heavy (non-hydrogen) atoms. The highest BCUT2D eigenvalue weighted by Crippen LogP contribution is 2.46. The van der Waals surface area contributed by atoms with E-state index >= 15 is 0 Å². The van der Waals surface area contributed by atoms with Gasteiger partial charge in [-0.2, -0.15) is 0 Å². The monoisotopic (exact) mass is 739 g/mol. The molecule has 3 heterocycles. The van der Waals surface area contributed by atoms with Crippen molar-refractivity contribution in [3.05, 3.63) is 42.2 Å². The fraction of sp³-hybridized carbons (Fsp3) is 0.629. The molecule has 2 aliphatic carbocycles. The average molecular weight is 740 g/mol. The van der Waals surface area contributed by atoms with E-state index in [2.05, 4.69) is 42.7 Å². The van der Waals surface area contributed by atoms with Crippen LogP contribution in [0.15, 0.2) is 30.9 Å². The van der Waals surface area contributed by atoms with Gasteiger partial charge in [-0.05, 0) is 79.3 Å². The Morgan fingerprint density at radius 3 is 2.56 bits per heavy atom.